The van der Waals surface area contributed by atoms with Crippen molar-refractivity contribution in [2.24, 2.45) is 0 Å². The number of rotatable bonds is 5. The molecule has 1 aromatic rings. The predicted molar refractivity (Wildman–Crippen MR) is 72.5 cm³/mol. The molecule has 0 atom stereocenters. The number of carbonyl (C=O) groups is 2. The summed E-state index contributed by atoms with van der Waals surface area (Å²) in [6.45, 7) is 0. The number of hydrogen-bond donors (Lipinski definition) is 2. The van der Waals surface area contributed by atoms with Crippen LogP contribution >= 0.6 is 0 Å². The van der Waals surface area contributed by atoms with E-state index in [2.05, 4.69) is 5.32 Å². The Morgan fingerprint density at radius 2 is 1.77 bits per heavy atom. The third-order valence-corrected chi connectivity index (χ3v) is 3.88. The quantitative estimate of drug-likeness (QED) is 0.878. The van der Waals surface area contributed by atoms with Crippen molar-refractivity contribution in [2.75, 3.05) is 0 Å². The molecule has 0 bridgehead atoms. The SMILES string of the molecule is O=C(NC1(C(=O)O)CCC1)c1ccc(CCC(F)(F)F)cc1. The third kappa shape index (κ3) is 3.78. The van der Waals surface area contributed by atoms with Gasteiger partial charge in [-0.1, -0.05) is 12.1 Å². The van der Waals surface area contributed by atoms with Gasteiger partial charge in [0.1, 0.15) is 5.54 Å². The van der Waals surface area contributed by atoms with Crippen LogP contribution in [-0.2, 0) is 11.2 Å². The second-order valence-corrected chi connectivity index (χ2v) is 5.51. The number of aryl methyl sites for hydroxylation is 1. The van der Waals surface area contributed by atoms with Crippen LogP contribution in [0.5, 0.6) is 0 Å². The molecule has 0 radical (unpaired) electrons. The van der Waals surface area contributed by atoms with Gasteiger partial charge < -0.3 is 10.4 Å². The molecule has 22 heavy (non-hydrogen) atoms. The minimum Gasteiger partial charge on any atom is -0.480 e. The van der Waals surface area contributed by atoms with Crippen LogP contribution < -0.4 is 5.32 Å². The molecule has 7 heteroatoms. The number of carbonyl (C=O) groups excluding carboxylic acids is 1. The van der Waals surface area contributed by atoms with Gasteiger partial charge in [-0.05, 0) is 43.4 Å². The lowest BCUT2D eigenvalue weighted by molar-refractivity contribution is -0.148. The summed E-state index contributed by atoms with van der Waals surface area (Å²) in [5.41, 5.74) is -0.486. The number of aliphatic carboxylic acids is 1. The molecule has 1 aliphatic carbocycles. The van der Waals surface area contributed by atoms with Crippen molar-refractivity contribution in [2.45, 2.75) is 43.8 Å². The van der Waals surface area contributed by atoms with E-state index in [9.17, 15) is 22.8 Å². The summed E-state index contributed by atoms with van der Waals surface area (Å²) in [6, 6.07) is 5.73. The Labute approximate surface area is 125 Å². The van der Waals surface area contributed by atoms with Gasteiger partial charge in [-0.25, -0.2) is 4.79 Å². The van der Waals surface area contributed by atoms with Crippen molar-refractivity contribution in [1.82, 2.24) is 5.32 Å². The highest BCUT2D eigenvalue weighted by atomic mass is 19.4. The molecular formula is C15H16F3NO3. The van der Waals surface area contributed by atoms with Gasteiger partial charge in [0, 0.05) is 12.0 Å². The van der Waals surface area contributed by atoms with Crippen molar-refractivity contribution >= 4 is 11.9 Å². The maximum Gasteiger partial charge on any atom is 0.389 e. The first kappa shape index (κ1) is 16.3. The summed E-state index contributed by atoms with van der Waals surface area (Å²) in [6.07, 6.45) is -3.77. The highest BCUT2D eigenvalue weighted by molar-refractivity contribution is 5.98. The number of halogens is 3. The van der Waals surface area contributed by atoms with E-state index in [4.69, 9.17) is 5.11 Å². The number of nitrogens with one attached hydrogen (secondary N) is 1. The van der Waals surface area contributed by atoms with E-state index in [1.54, 1.807) is 0 Å². The van der Waals surface area contributed by atoms with Crippen LogP contribution in [0.4, 0.5) is 13.2 Å². The molecule has 2 rings (SSSR count). The number of amides is 1. The topological polar surface area (TPSA) is 66.4 Å². The van der Waals surface area contributed by atoms with Gasteiger partial charge in [0.25, 0.3) is 5.91 Å². The van der Waals surface area contributed by atoms with Crippen LogP contribution in [0.2, 0.25) is 0 Å². The van der Waals surface area contributed by atoms with Crippen LogP contribution in [0, 0.1) is 0 Å². The Balaban J connectivity index is 1.98. The molecule has 0 saturated heterocycles. The van der Waals surface area contributed by atoms with E-state index >= 15 is 0 Å². The van der Waals surface area contributed by atoms with Gasteiger partial charge in [0.2, 0.25) is 0 Å². The molecule has 1 amide bonds. The first-order valence-electron chi connectivity index (χ1n) is 6.93. The highest BCUT2D eigenvalue weighted by Gasteiger charge is 2.45. The van der Waals surface area contributed by atoms with Gasteiger partial charge in [-0.15, -0.1) is 0 Å². The highest BCUT2D eigenvalue weighted by Crippen LogP contribution is 2.32. The van der Waals surface area contributed by atoms with Crippen LogP contribution in [0.15, 0.2) is 24.3 Å². The molecule has 1 fully saturated rings. The molecule has 0 aliphatic heterocycles. The third-order valence-electron chi connectivity index (χ3n) is 3.88. The van der Waals surface area contributed by atoms with Crippen molar-refractivity contribution in [3.8, 4) is 0 Å². The zero-order valence-corrected chi connectivity index (χ0v) is 11.7. The molecule has 4 nitrogen and oxygen atoms in total. The molecule has 120 valence electrons. The van der Waals surface area contributed by atoms with E-state index in [1.165, 1.54) is 24.3 Å². The van der Waals surface area contributed by atoms with E-state index in [0.717, 1.165) is 6.42 Å². The molecule has 1 saturated carbocycles. The lowest BCUT2D eigenvalue weighted by Gasteiger charge is -2.38. The normalized spacial score (nSPS) is 16.7. The summed E-state index contributed by atoms with van der Waals surface area (Å²) >= 11 is 0. The Kier molecular flexibility index (Phi) is 4.44. The summed E-state index contributed by atoms with van der Waals surface area (Å²) in [5, 5.41) is 11.7. The van der Waals surface area contributed by atoms with E-state index < -0.39 is 30.0 Å². The molecule has 1 aromatic carbocycles. The maximum absolute atomic E-state index is 12.1. The fourth-order valence-corrected chi connectivity index (χ4v) is 2.32. The molecule has 0 heterocycles. The summed E-state index contributed by atoms with van der Waals surface area (Å²) < 4.78 is 36.4. The minimum absolute atomic E-state index is 0.148. The Hall–Kier alpha value is -2.05. The lowest BCUT2D eigenvalue weighted by atomic mass is 9.76. The molecule has 0 aromatic heterocycles. The first-order chi connectivity index (χ1) is 10.2. The number of alkyl halides is 3. The first-order valence-corrected chi connectivity index (χ1v) is 6.93. The number of carboxylic acid groups (broad SMARTS) is 1. The van der Waals surface area contributed by atoms with E-state index in [1.807, 2.05) is 0 Å². The zero-order valence-electron chi connectivity index (χ0n) is 11.7. The monoisotopic (exact) mass is 315 g/mol. The van der Waals surface area contributed by atoms with Crippen molar-refractivity contribution in [3.05, 3.63) is 35.4 Å². The van der Waals surface area contributed by atoms with Gasteiger partial charge in [-0.2, -0.15) is 13.2 Å². The minimum atomic E-state index is -4.21. The smallest absolute Gasteiger partial charge is 0.389 e. The second-order valence-electron chi connectivity index (χ2n) is 5.51. The molecule has 2 N–H and O–H groups in total. The van der Waals surface area contributed by atoms with Crippen LogP contribution in [0.3, 0.4) is 0 Å². The van der Waals surface area contributed by atoms with Crippen LogP contribution in [0.1, 0.15) is 41.6 Å². The fourth-order valence-electron chi connectivity index (χ4n) is 2.32. The number of hydrogen-bond acceptors (Lipinski definition) is 2. The van der Waals surface area contributed by atoms with Gasteiger partial charge >= 0.3 is 12.1 Å². The fraction of sp³-hybridized carbons (Fsp3) is 0.467. The van der Waals surface area contributed by atoms with E-state index in [0.29, 0.717) is 18.4 Å². The average Bonchev–Trinajstić information content (AvgIpc) is 2.39. The van der Waals surface area contributed by atoms with Gasteiger partial charge in [0.05, 0.1) is 0 Å². The summed E-state index contributed by atoms with van der Waals surface area (Å²) in [4.78, 5) is 23.2. The van der Waals surface area contributed by atoms with Crippen LogP contribution in [0.25, 0.3) is 0 Å². The summed E-state index contributed by atoms with van der Waals surface area (Å²) in [7, 11) is 0. The Morgan fingerprint density at radius 3 is 2.18 bits per heavy atom. The van der Waals surface area contributed by atoms with Crippen molar-refractivity contribution < 1.29 is 27.9 Å². The number of benzene rings is 1. The largest absolute Gasteiger partial charge is 0.480 e. The van der Waals surface area contributed by atoms with E-state index in [-0.39, 0.29) is 12.0 Å². The van der Waals surface area contributed by atoms with Gasteiger partial charge in [0.15, 0.2) is 0 Å². The van der Waals surface area contributed by atoms with Gasteiger partial charge in [-0.3, -0.25) is 4.79 Å². The Bertz CT molecular complexity index is 562. The van der Waals surface area contributed by atoms with Crippen molar-refractivity contribution in [1.29, 1.82) is 0 Å². The van der Waals surface area contributed by atoms with Crippen LogP contribution in [-0.4, -0.2) is 28.7 Å². The molecule has 0 unspecified atom stereocenters. The lowest BCUT2D eigenvalue weighted by Crippen LogP contribution is -2.59. The second kappa shape index (κ2) is 5.98. The average molecular weight is 315 g/mol. The number of carboxylic acids is 1. The van der Waals surface area contributed by atoms with Crippen molar-refractivity contribution in [3.63, 3.8) is 0 Å². The molecular weight excluding hydrogens is 299 g/mol. The predicted octanol–water partition coefficient (Wildman–Crippen LogP) is 2.92. The summed E-state index contributed by atoms with van der Waals surface area (Å²) in [5.74, 6) is -1.58. The maximum atomic E-state index is 12.1. The molecule has 1 aliphatic rings. The standard InChI is InChI=1S/C15H16F3NO3/c16-15(17,18)9-6-10-2-4-11(5-3-10)12(20)19-14(13(21)22)7-1-8-14/h2-5H,1,6-9H2,(H,19,20)(H,21,22). The zero-order chi connectivity index (χ0) is 16.4. The Morgan fingerprint density at radius 1 is 1.18 bits per heavy atom. The molecule has 0 spiro atoms.